The number of rotatable bonds is 3. The van der Waals surface area contributed by atoms with Crippen molar-refractivity contribution in [3.63, 3.8) is 0 Å². The summed E-state index contributed by atoms with van der Waals surface area (Å²) >= 11 is 0. The summed E-state index contributed by atoms with van der Waals surface area (Å²) in [5.74, 6) is 1.34. The van der Waals surface area contributed by atoms with Crippen molar-refractivity contribution in [2.45, 2.75) is 33.2 Å². The highest BCUT2D eigenvalue weighted by Crippen LogP contribution is 2.37. The zero-order chi connectivity index (χ0) is 17.4. The number of benzene rings is 2. The summed E-state index contributed by atoms with van der Waals surface area (Å²) in [6.45, 7) is 6.35. The molecule has 25 heavy (non-hydrogen) atoms. The minimum absolute atomic E-state index is 0.350. The van der Waals surface area contributed by atoms with Gasteiger partial charge in [-0.2, -0.15) is 10.1 Å². The van der Waals surface area contributed by atoms with Crippen molar-refractivity contribution in [3.8, 4) is 0 Å². The fourth-order valence-electron chi connectivity index (χ4n) is 3.37. The lowest BCUT2D eigenvalue weighted by atomic mass is 10.1. The molecular weight excluding hydrogens is 310 g/mol. The van der Waals surface area contributed by atoms with Crippen LogP contribution in [0.2, 0.25) is 0 Å². The van der Waals surface area contributed by atoms with Gasteiger partial charge in [-0.25, -0.2) is 0 Å². The van der Waals surface area contributed by atoms with Gasteiger partial charge in [-0.1, -0.05) is 30.3 Å². The van der Waals surface area contributed by atoms with Crippen molar-refractivity contribution in [1.29, 1.82) is 0 Å². The lowest BCUT2D eigenvalue weighted by Crippen LogP contribution is -2.25. The van der Waals surface area contributed by atoms with Crippen molar-refractivity contribution < 1.29 is 0 Å². The SMILES string of the molecule is Cc1ccc(C)c(Nc2nncc(N3c4ccccc4CC3C)n2)c1. The number of hydrogen-bond acceptors (Lipinski definition) is 5. The second-order valence-electron chi connectivity index (χ2n) is 6.63. The Morgan fingerprint density at radius 3 is 2.84 bits per heavy atom. The molecule has 0 spiro atoms. The maximum absolute atomic E-state index is 4.71. The molecule has 1 unspecified atom stereocenters. The Morgan fingerprint density at radius 2 is 1.96 bits per heavy atom. The largest absolute Gasteiger partial charge is 0.323 e. The summed E-state index contributed by atoms with van der Waals surface area (Å²) in [6.07, 6.45) is 2.74. The van der Waals surface area contributed by atoms with Crippen LogP contribution in [-0.4, -0.2) is 21.2 Å². The van der Waals surface area contributed by atoms with Crippen molar-refractivity contribution >= 4 is 23.1 Å². The van der Waals surface area contributed by atoms with E-state index in [2.05, 4.69) is 83.6 Å². The molecule has 0 radical (unpaired) electrons. The number of nitrogens with zero attached hydrogens (tertiary/aromatic N) is 4. The number of aromatic nitrogens is 3. The van der Waals surface area contributed by atoms with E-state index in [1.165, 1.54) is 16.8 Å². The van der Waals surface area contributed by atoms with Gasteiger partial charge in [-0.15, -0.1) is 5.10 Å². The molecule has 0 aliphatic carbocycles. The van der Waals surface area contributed by atoms with Gasteiger partial charge < -0.3 is 10.2 Å². The van der Waals surface area contributed by atoms with E-state index < -0.39 is 0 Å². The normalized spacial score (nSPS) is 16.0. The minimum Gasteiger partial charge on any atom is -0.323 e. The van der Waals surface area contributed by atoms with Crippen LogP contribution in [0.5, 0.6) is 0 Å². The molecule has 0 bridgehead atoms. The Bertz CT molecular complexity index is 921. The molecule has 126 valence electrons. The zero-order valence-corrected chi connectivity index (χ0v) is 14.7. The van der Waals surface area contributed by atoms with E-state index >= 15 is 0 Å². The smallest absolute Gasteiger partial charge is 0.249 e. The second kappa shape index (κ2) is 6.16. The Morgan fingerprint density at radius 1 is 1.12 bits per heavy atom. The van der Waals surface area contributed by atoms with Crippen molar-refractivity contribution in [2.24, 2.45) is 0 Å². The molecular formula is C20H21N5. The molecule has 5 heteroatoms. The van der Waals surface area contributed by atoms with Gasteiger partial charge in [0.2, 0.25) is 5.95 Å². The molecule has 2 aromatic carbocycles. The summed E-state index contributed by atoms with van der Waals surface area (Å²) in [4.78, 5) is 6.95. The summed E-state index contributed by atoms with van der Waals surface area (Å²) in [7, 11) is 0. The Kier molecular flexibility index (Phi) is 3.84. The molecule has 1 atom stereocenters. The molecule has 0 fully saturated rings. The second-order valence-corrected chi connectivity index (χ2v) is 6.63. The number of anilines is 4. The molecule has 2 heterocycles. The number of aryl methyl sites for hydroxylation is 2. The molecule has 1 aliphatic heterocycles. The summed E-state index contributed by atoms with van der Waals surface area (Å²) < 4.78 is 0. The number of hydrogen-bond donors (Lipinski definition) is 1. The van der Waals surface area contributed by atoms with E-state index in [-0.39, 0.29) is 0 Å². The number of para-hydroxylation sites is 1. The average molecular weight is 331 g/mol. The maximum atomic E-state index is 4.71. The molecule has 1 aliphatic rings. The molecule has 5 nitrogen and oxygen atoms in total. The first-order chi connectivity index (χ1) is 12.1. The van der Waals surface area contributed by atoms with Crippen molar-refractivity contribution in [1.82, 2.24) is 15.2 Å². The Hall–Kier alpha value is -2.95. The molecule has 4 rings (SSSR count). The van der Waals surface area contributed by atoms with E-state index in [1.807, 2.05) is 0 Å². The third kappa shape index (κ3) is 2.93. The quantitative estimate of drug-likeness (QED) is 0.775. The lowest BCUT2D eigenvalue weighted by Gasteiger charge is -2.23. The van der Waals surface area contributed by atoms with Crippen molar-refractivity contribution in [2.75, 3.05) is 10.2 Å². The van der Waals surface area contributed by atoms with Crippen LogP contribution in [0.4, 0.5) is 23.1 Å². The van der Waals surface area contributed by atoms with Crippen LogP contribution in [0.3, 0.4) is 0 Å². The Balaban J connectivity index is 1.67. The van der Waals surface area contributed by atoms with Gasteiger partial charge in [0.05, 0.1) is 6.20 Å². The first-order valence-corrected chi connectivity index (χ1v) is 8.53. The molecule has 1 N–H and O–H groups in total. The van der Waals surface area contributed by atoms with E-state index in [0.29, 0.717) is 12.0 Å². The summed E-state index contributed by atoms with van der Waals surface area (Å²) in [5.41, 5.74) is 5.90. The standard InChI is InChI=1S/C20H21N5/c1-13-8-9-14(2)17(10-13)22-20-23-19(12-21-24-20)25-15(3)11-16-6-4-5-7-18(16)25/h4-10,12,15H,11H2,1-3H3,(H,22,23,24). The highest BCUT2D eigenvalue weighted by atomic mass is 15.3. The van der Waals surface area contributed by atoms with E-state index in [1.54, 1.807) is 6.20 Å². The maximum Gasteiger partial charge on any atom is 0.249 e. The van der Waals surface area contributed by atoms with Crippen LogP contribution in [0, 0.1) is 13.8 Å². The van der Waals surface area contributed by atoms with Gasteiger partial charge >= 0.3 is 0 Å². The summed E-state index contributed by atoms with van der Waals surface area (Å²) in [6, 6.07) is 15.1. The third-order valence-corrected chi connectivity index (χ3v) is 4.64. The number of fused-ring (bicyclic) bond motifs is 1. The van der Waals surface area contributed by atoms with Gasteiger partial charge in [-0.3, -0.25) is 0 Å². The van der Waals surface area contributed by atoms with Crippen LogP contribution in [0.15, 0.2) is 48.7 Å². The van der Waals surface area contributed by atoms with Gasteiger partial charge in [0.25, 0.3) is 0 Å². The highest BCUT2D eigenvalue weighted by Gasteiger charge is 2.28. The monoisotopic (exact) mass is 331 g/mol. The average Bonchev–Trinajstić information content (AvgIpc) is 2.94. The first kappa shape index (κ1) is 15.6. The Labute approximate surface area is 147 Å². The fraction of sp³-hybridized carbons (Fsp3) is 0.250. The molecule has 0 saturated heterocycles. The van der Waals surface area contributed by atoms with Gasteiger partial charge in [-0.05, 0) is 56.0 Å². The molecule has 1 aromatic heterocycles. The molecule has 0 amide bonds. The zero-order valence-electron chi connectivity index (χ0n) is 14.7. The first-order valence-electron chi connectivity index (χ1n) is 8.53. The van der Waals surface area contributed by atoms with Gasteiger partial charge in [0.15, 0.2) is 5.82 Å². The van der Waals surface area contributed by atoms with Crippen LogP contribution >= 0.6 is 0 Å². The van der Waals surface area contributed by atoms with Crippen LogP contribution in [0.25, 0.3) is 0 Å². The van der Waals surface area contributed by atoms with E-state index in [9.17, 15) is 0 Å². The third-order valence-electron chi connectivity index (χ3n) is 4.64. The van der Waals surface area contributed by atoms with Crippen LogP contribution < -0.4 is 10.2 Å². The topological polar surface area (TPSA) is 53.9 Å². The molecule has 0 saturated carbocycles. The molecule has 3 aromatic rings. The van der Waals surface area contributed by atoms with Gasteiger partial charge in [0, 0.05) is 17.4 Å². The number of nitrogens with one attached hydrogen (secondary N) is 1. The summed E-state index contributed by atoms with van der Waals surface area (Å²) in [5, 5.41) is 11.6. The predicted octanol–water partition coefficient (Wildman–Crippen LogP) is 4.31. The highest BCUT2D eigenvalue weighted by molar-refractivity contribution is 5.69. The van der Waals surface area contributed by atoms with Crippen LogP contribution in [-0.2, 0) is 6.42 Å². The van der Waals surface area contributed by atoms with Crippen molar-refractivity contribution in [3.05, 3.63) is 65.4 Å². The van der Waals surface area contributed by atoms with Gasteiger partial charge in [0.1, 0.15) is 0 Å². The minimum atomic E-state index is 0.350. The van der Waals surface area contributed by atoms with Crippen LogP contribution in [0.1, 0.15) is 23.6 Å². The lowest BCUT2D eigenvalue weighted by molar-refractivity contribution is 0.745. The van der Waals surface area contributed by atoms with E-state index in [0.717, 1.165) is 23.5 Å². The van der Waals surface area contributed by atoms with E-state index in [4.69, 9.17) is 4.98 Å². The predicted molar refractivity (Wildman–Crippen MR) is 101 cm³/mol. The fourth-order valence-corrected chi connectivity index (χ4v) is 3.37.